The second kappa shape index (κ2) is 6.55. The maximum atomic E-state index is 12.5. The van der Waals surface area contributed by atoms with Crippen LogP contribution in [-0.2, 0) is 4.57 Å². The third-order valence-electron chi connectivity index (χ3n) is 2.98. The van der Waals surface area contributed by atoms with E-state index in [4.69, 9.17) is 16.1 Å². The molecular weight excluding hydrogens is 305 g/mol. The van der Waals surface area contributed by atoms with E-state index in [-0.39, 0.29) is 0 Å². The zero-order chi connectivity index (χ0) is 15.5. The predicted octanol–water partition coefficient (Wildman–Crippen LogP) is 5.78. The fraction of sp³-hybridized carbons (Fsp3) is 0.250. The number of anilines is 1. The molecule has 0 fully saturated rings. The SMILES string of the molecule is CC(C)c1ccc(OP(C)(=O)Nc2cccc(Cl)c2)cc1. The Labute approximate surface area is 130 Å². The van der Waals surface area contributed by atoms with Crippen LogP contribution in [0.2, 0.25) is 5.02 Å². The molecule has 0 spiro atoms. The summed E-state index contributed by atoms with van der Waals surface area (Å²) < 4.78 is 18.1. The number of hydrogen-bond acceptors (Lipinski definition) is 2. The fourth-order valence-corrected chi connectivity index (χ4v) is 3.30. The molecule has 2 aromatic carbocycles. The largest absolute Gasteiger partial charge is 0.429 e. The lowest BCUT2D eigenvalue weighted by Gasteiger charge is -2.18. The molecule has 1 unspecified atom stereocenters. The monoisotopic (exact) mass is 323 g/mol. The zero-order valence-electron chi connectivity index (χ0n) is 12.3. The van der Waals surface area contributed by atoms with Gasteiger partial charge in [-0.15, -0.1) is 0 Å². The van der Waals surface area contributed by atoms with Gasteiger partial charge in [-0.3, -0.25) is 4.57 Å². The van der Waals surface area contributed by atoms with Crippen LogP contribution in [0.1, 0.15) is 25.3 Å². The number of hydrogen-bond donors (Lipinski definition) is 1. The lowest BCUT2D eigenvalue weighted by Crippen LogP contribution is -2.02. The summed E-state index contributed by atoms with van der Waals surface area (Å²) in [6, 6.07) is 14.7. The van der Waals surface area contributed by atoms with Crippen molar-refractivity contribution in [3.63, 3.8) is 0 Å². The molecule has 21 heavy (non-hydrogen) atoms. The summed E-state index contributed by atoms with van der Waals surface area (Å²) in [5, 5.41) is 3.48. The molecular formula is C16H19ClNO2P. The molecule has 0 radical (unpaired) electrons. The standard InChI is InChI=1S/C16H19ClNO2P/c1-12(2)13-7-9-16(10-8-13)20-21(3,19)18-15-6-4-5-14(17)11-15/h4-12H,1-3H3,(H,18,19). The summed E-state index contributed by atoms with van der Waals surface area (Å²) in [7, 11) is -3.00. The molecule has 0 saturated heterocycles. The highest BCUT2D eigenvalue weighted by atomic mass is 35.5. The van der Waals surface area contributed by atoms with Crippen molar-refractivity contribution in [2.45, 2.75) is 19.8 Å². The molecule has 0 aromatic heterocycles. The van der Waals surface area contributed by atoms with Gasteiger partial charge in [0.15, 0.2) is 0 Å². The highest BCUT2D eigenvalue weighted by molar-refractivity contribution is 7.60. The highest BCUT2D eigenvalue weighted by Crippen LogP contribution is 2.43. The highest BCUT2D eigenvalue weighted by Gasteiger charge is 2.17. The quantitative estimate of drug-likeness (QED) is 0.709. The first-order valence-electron chi connectivity index (χ1n) is 6.77. The van der Waals surface area contributed by atoms with Crippen molar-refractivity contribution < 1.29 is 9.09 Å². The van der Waals surface area contributed by atoms with Crippen LogP contribution in [-0.4, -0.2) is 6.66 Å². The van der Waals surface area contributed by atoms with E-state index in [9.17, 15) is 4.57 Å². The van der Waals surface area contributed by atoms with Gasteiger partial charge in [0.25, 0.3) is 0 Å². The van der Waals surface area contributed by atoms with Gasteiger partial charge in [0.1, 0.15) is 5.75 Å². The Morgan fingerprint density at radius 3 is 2.38 bits per heavy atom. The van der Waals surface area contributed by atoms with Crippen LogP contribution < -0.4 is 9.61 Å². The second-order valence-corrected chi connectivity index (χ2v) is 7.82. The van der Waals surface area contributed by atoms with E-state index in [0.717, 1.165) is 0 Å². The predicted molar refractivity (Wildman–Crippen MR) is 89.8 cm³/mol. The van der Waals surface area contributed by atoms with Crippen LogP contribution >= 0.6 is 19.1 Å². The van der Waals surface area contributed by atoms with E-state index < -0.39 is 7.52 Å². The van der Waals surface area contributed by atoms with Crippen molar-refractivity contribution >= 4 is 24.8 Å². The molecule has 0 aliphatic rings. The third-order valence-corrected chi connectivity index (χ3v) is 4.44. The maximum absolute atomic E-state index is 12.5. The van der Waals surface area contributed by atoms with Gasteiger partial charge in [-0.2, -0.15) is 0 Å². The minimum atomic E-state index is -3.00. The molecule has 2 aromatic rings. The average Bonchev–Trinajstić information content (AvgIpc) is 2.38. The molecule has 0 aliphatic heterocycles. The Kier molecular flexibility index (Phi) is 4.97. The van der Waals surface area contributed by atoms with Crippen molar-refractivity contribution in [2.75, 3.05) is 11.8 Å². The summed E-state index contributed by atoms with van der Waals surface area (Å²) in [5.74, 6) is 1.04. The number of nitrogens with one attached hydrogen (secondary N) is 1. The lowest BCUT2D eigenvalue weighted by atomic mass is 10.0. The molecule has 0 amide bonds. The van der Waals surface area contributed by atoms with Gasteiger partial charge < -0.3 is 9.61 Å². The molecule has 1 atom stereocenters. The van der Waals surface area contributed by atoms with Crippen molar-refractivity contribution in [1.29, 1.82) is 0 Å². The summed E-state index contributed by atoms with van der Waals surface area (Å²) >= 11 is 5.91. The Hall–Kier alpha value is -1.44. The van der Waals surface area contributed by atoms with Crippen LogP contribution in [0.15, 0.2) is 48.5 Å². The Morgan fingerprint density at radius 1 is 1.14 bits per heavy atom. The maximum Gasteiger partial charge on any atom is 0.338 e. The number of benzene rings is 2. The summed E-state index contributed by atoms with van der Waals surface area (Å²) in [5.41, 5.74) is 1.89. The van der Waals surface area contributed by atoms with Crippen molar-refractivity contribution in [1.82, 2.24) is 0 Å². The van der Waals surface area contributed by atoms with E-state index in [1.807, 2.05) is 24.3 Å². The summed E-state index contributed by atoms with van der Waals surface area (Å²) in [4.78, 5) is 0. The molecule has 0 saturated carbocycles. The molecule has 5 heteroatoms. The van der Waals surface area contributed by atoms with Gasteiger partial charge in [-0.05, 0) is 41.8 Å². The first kappa shape index (κ1) is 15.9. The van der Waals surface area contributed by atoms with E-state index in [1.54, 1.807) is 30.9 Å². The van der Waals surface area contributed by atoms with Gasteiger partial charge in [0, 0.05) is 17.4 Å². The normalized spacial score (nSPS) is 13.8. The van der Waals surface area contributed by atoms with Crippen LogP contribution in [0.4, 0.5) is 5.69 Å². The van der Waals surface area contributed by atoms with E-state index in [2.05, 4.69) is 18.9 Å². The minimum absolute atomic E-state index is 0.456. The lowest BCUT2D eigenvalue weighted by molar-refractivity contribution is 0.493. The molecule has 112 valence electrons. The van der Waals surface area contributed by atoms with Crippen LogP contribution in [0.25, 0.3) is 0 Å². The molecule has 0 heterocycles. The van der Waals surface area contributed by atoms with Gasteiger partial charge in [0.05, 0.1) is 0 Å². The van der Waals surface area contributed by atoms with Crippen LogP contribution in [0.5, 0.6) is 5.75 Å². The molecule has 2 rings (SSSR count). The first-order valence-corrected chi connectivity index (χ1v) is 9.22. The van der Waals surface area contributed by atoms with E-state index >= 15 is 0 Å². The molecule has 1 N–H and O–H groups in total. The van der Waals surface area contributed by atoms with Gasteiger partial charge >= 0.3 is 7.52 Å². The number of rotatable bonds is 5. The zero-order valence-corrected chi connectivity index (χ0v) is 14.0. The van der Waals surface area contributed by atoms with Crippen LogP contribution in [0.3, 0.4) is 0 Å². The van der Waals surface area contributed by atoms with Crippen LogP contribution in [0, 0.1) is 0 Å². The Bertz CT molecular complexity index is 656. The smallest absolute Gasteiger partial charge is 0.338 e. The first-order chi connectivity index (χ1) is 9.85. The van der Waals surface area contributed by atoms with Crippen molar-refractivity contribution in [3.8, 4) is 5.75 Å². The second-order valence-electron chi connectivity index (χ2n) is 5.28. The van der Waals surface area contributed by atoms with E-state index in [1.165, 1.54) is 5.56 Å². The van der Waals surface area contributed by atoms with Crippen molar-refractivity contribution in [3.05, 3.63) is 59.1 Å². The summed E-state index contributed by atoms with van der Waals surface area (Å²) in [6.07, 6.45) is 0. The van der Waals surface area contributed by atoms with Crippen molar-refractivity contribution in [2.24, 2.45) is 0 Å². The number of halogens is 1. The topological polar surface area (TPSA) is 38.3 Å². The van der Waals surface area contributed by atoms with Gasteiger partial charge in [0.2, 0.25) is 0 Å². The van der Waals surface area contributed by atoms with Gasteiger partial charge in [-0.1, -0.05) is 43.6 Å². The van der Waals surface area contributed by atoms with E-state index in [0.29, 0.717) is 22.4 Å². The fourth-order valence-electron chi connectivity index (χ4n) is 1.93. The Balaban J connectivity index is 2.08. The average molecular weight is 324 g/mol. The molecule has 0 bridgehead atoms. The third kappa shape index (κ3) is 4.80. The van der Waals surface area contributed by atoms with Gasteiger partial charge in [-0.25, -0.2) is 0 Å². The minimum Gasteiger partial charge on any atom is -0.429 e. The molecule has 3 nitrogen and oxygen atoms in total. The summed E-state index contributed by atoms with van der Waals surface area (Å²) in [6.45, 7) is 5.80. The molecule has 0 aliphatic carbocycles. The Morgan fingerprint density at radius 2 is 1.81 bits per heavy atom.